The zero-order valence-corrected chi connectivity index (χ0v) is 15.0. The summed E-state index contributed by atoms with van der Waals surface area (Å²) in [6.45, 7) is 9.76. The van der Waals surface area contributed by atoms with Gasteiger partial charge in [-0.1, -0.05) is 6.92 Å². The van der Waals surface area contributed by atoms with Gasteiger partial charge >= 0.3 is 0 Å². The molecule has 0 aromatic carbocycles. The summed E-state index contributed by atoms with van der Waals surface area (Å²) >= 11 is 0. The molecule has 2 N–H and O–H groups in total. The zero-order valence-electron chi connectivity index (χ0n) is 14.1. The Morgan fingerprint density at radius 1 is 1.24 bits per heavy atom. The van der Waals surface area contributed by atoms with E-state index < -0.39 is 10.2 Å². The summed E-state index contributed by atoms with van der Waals surface area (Å²) in [6, 6.07) is 0. The Kier molecular flexibility index (Phi) is 7.06. The average Bonchev–Trinajstić information content (AvgIpc) is 2.43. The van der Waals surface area contributed by atoms with Gasteiger partial charge in [-0.25, -0.2) is 4.72 Å². The molecule has 0 unspecified atom stereocenters. The highest BCUT2D eigenvalue weighted by Gasteiger charge is 2.30. The van der Waals surface area contributed by atoms with Gasteiger partial charge in [0.1, 0.15) is 0 Å². The highest BCUT2D eigenvalue weighted by atomic mass is 32.2. The lowest BCUT2D eigenvalue weighted by atomic mass is 9.98. The Morgan fingerprint density at radius 2 is 1.81 bits per heavy atom. The molecule has 0 radical (unpaired) electrons. The SMILES string of the molecule is CCNCC1CCN(S(=O)(=O)NCC(C)(C)N(C)C)CC1. The van der Waals surface area contributed by atoms with Crippen molar-refractivity contribution in [2.45, 2.75) is 39.2 Å². The molecule has 0 saturated carbocycles. The van der Waals surface area contributed by atoms with Crippen LogP contribution in [0.15, 0.2) is 0 Å². The van der Waals surface area contributed by atoms with Crippen LogP contribution in [0.4, 0.5) is 0 Å². The van der Waals surface area contributed by atoms with E-state index in [1.165, 1.54) is 0 Å². The monoisotopic (exact) mass is 320 g/mol. The Balaban J connectivity index is 2.46. The maximum atomic E-state index is 12.4. The van der Waals surface area contributed by atoms with Gasteiger partial charge in [-0.05, 0) is 59.8 Å². The lowest BCUT2D eigenvalue weighted by Gasteiger charge is -2.35. The molecule has 1 heterocycles. The van der Waals surface area contributed by atoms with E-state index in [1.54, 1.807) is 4.31 Å². The molecule has 1 aliphatic rings. The minimum atomic E-state index is -3.36. The van der Waals surface area contributed by atoms with E-state index in [9.17, 15) is 8.42 Å². The van der Waals surface area contributed by atoms with Gasteiger partial charge in [0, 0.05) is 25.2 Å². The fourth-order valence-electron chi connectivity index (χ4n) is 2.22. The summed E-state index contributed by atoms with van der Waals surface area (Å²) in [5.74, 6) is 0.592. The third-order valence-electron chi connectivity index (χ3n) is 4.49. The van der Waals surface area contributed by atoms with Gasteiger partial charge in [-0.15, -0.1) is 0 Å². The number of nitrogens with zero attached hydrogens (tertiary/aromatic N) is 2. The average molecular weight is 321 g/mol. The first-order valence-electron chi connectivity index (χ1n) is 7.82. The van der Waals surface area contributed by atoms with Crippen molar-refractivity contribution in [1.29, 1.82) is 0 Å². The van der Waals surface area contributed by atoms with E-state index in [4.69, 9.17) is 0 Å². The van der Waals surface area contributed by atoms with Crippen molar-refractivity contribution < 1.29 is 8.42 Å². The number of nitrogens with one attached hydrogen (secondary N) is 2. The smallest absolute Gasteiger partial charge is 0.279 e. The van der Waals surface area contributed by atoms with E-state index in [0.29, 0.717) is 25.6 Å². The second-order valence-corrected chi connectivity index (χ2v) is 8.44. The zero-order chi connectivity index (χ0) is 16.1. The molecule has 21 heavy (non-hydrogen) atoms. The van der Waals surface area contributed by atoms with Crippen LogP contribution in [0.2, 0.25) is 0 Å². The molecule has 1 fully saturated rings. The van der Waals surface area contributed by atoms with Gasteiger partial charge in [0.2, 0.25) is 0 Å². The maximum absolute atomic E-state index is 12.4. The summed E-state index contributed by atoms with van der Waals surface area (Å²) in [6.07, 6.45) is 1.87. The normalized spacial score (nSPS) is 19.3. The molecule has 0 spiro atoms. The van der Waals surface area contributed by atoms with Crippen LogP contribution < -0.4 is 10.0 Å². The molecule has 1 rings (SSSR count). The molecule has 0 aromatic rings. The van der Waals surface area contributed by atoms with Gasteiger partial charge in [-0.2, -0.15) is 12.7 Å². The van der Waals surface area contributed by atoms with Crippen LogP contribution in [0.5, 0.6) is 0 Å². The lowest BCUT2D eigenvalue weighted by Crippen LogP contribution is -2.52. The Hall–Kier alpha value is -0.210. The van der Waals surface area contributed by atoms with E-state index in [-0.39, 0.29) is 5.54 Å². The van der Waals surface area contributed by atoms with Gasteiger partial charge in [-0.3, -0.25) is 0 Å². The van der Waals surface area contributed by atoms with Crippen molar-refractivity contribution in [1.82, 2.24) is 19.2 Å². The summed E-state index contributed by atoms with van der Waals surface area (Å²) in [5, 5.41) is 3.34. The summed E-state index contributed by atoms with van der Waals surface area (Å²) < 4.78 is 29.0. The van der Waals surface area contributed by atoms with Crippen molar-refractivity contribution in [2.75, 3.05) is 46.8 Å². The van der Waals surface area contributed by atoms with Gasteiger partial charge < -0.3 is 10.2 Å². The molecule has 6 nitrogen and oxygen atoms in total. The van der Waals surface area contributed by atoms with E-state index >= 15 is 0 Å². The maximum Gasteiger partial charge on any atom is 0.279 e. The third-order valence-corrected chi connectivity index (χ3v) is 6.05. The molecule has 7 heteroatoms. The van der Waals surface area contributed by atoms with Crippen LogP contribution >= 0.6 is 0 Å². The number of likely N-dealkylation sites (N-methyl/N-ethyl adjacent to an activating group) is 1. The number of piperidine rings is 1. The second-order valence-electron chi connectivity index (χ2n) is 6.68. The molecule has 1 saturated heterocycles. The molecular formula is C14H32N4O2S. The molecule has 0 aromatic heterocycles. The molecule has 0 amide bonds. The fourth-order valence-corrected chi connectivity index (χ4v) is 3.63. The first-order valence-corrected chi connectivity index (χ1v) is 9.26. The summed E-state index contributed by atoms with van der Waals surface area (Å²) in [4.78, 5) is 2.03. The van der Waals surface area contributed by atoms with Gasteiger partial charge in [0.15, 0.2) is 0 Å². The van der Waals surface area contributed by atoms with E-state index in [2.05, 4.69) is 17.0 Å². The predicted octanol–water partition coefficient (Wildman–Crippen LogP) is 0.483. The largest absolute Gasteiger partial charge is 0.317 e. The Morgan fingerprint density at radius 3 is 2.29 bits per heavy atom. The first-order chi connectivity index (χ1) is 9.69. The van der Waals surface area contributed by atoms with Crippen molar-refractivity contribution in [2.24, 2.45) is 5.92 Å². The fraction of sp³-hybridized carbons (Fsp3) is 1.00. The van der Waals surface area contributed by atoms with Crippen LogP contribution in [-0.4, -0.2) is 70.0 Å². The van der Waals surface area contributed by atoms with E-state index in [0.717, 1.165) is 25.9 Å². The molecule has 126 valence electrons. The van der Waals surface area contributed by atoms with Crippen molar-refractivity contribution in [3.63, 3.8) is 0 Å². The van der Waals surface area contributed by atoms with Crippen molar-refractivity contribution in [3.8, 4) is 0 Å². The standard InChI is InChI=1S/C14H32N4O2S/c1-6-15-11-13-7-9-18(10-8-13)21(19,20)16-12-14(2,3)17(4)5/h13,15-16H,6-12H2,1-5H3. The molecule has 0 atom stereocenters. The first kappa shape index (κ1) is 18.8. The number of hydrogen-bond acceptors (Lipinski definition) is 4. The van der Waals surface area contributed by atoms with Crippen LogP contribution in [0.3, 0.4) is 0 Å². The minimum Gasteiger partial charge on any atom is -0.317 e. The van der Waals surface area contributed by atoms with Crippen LogP contribution in [-0.2, 0) is 10.2 Å². The lowest BCUT2D eigenvalue weighted by molar-refractivity contribution is 0.196. The molecule has 1 aliphatic heterocycles. The molecular weight excluding hydrogens is 288 g/mol. The quantitative estimate of drug-likeness (QED) is 0.683. The second kappa shape index (κ2) is 7.87. The third kappa shape index (κ3) is 5.83. The summed E-state index contributed by atoms with van der Waals surface area (Å²) in [5.41, 5.74) is -0.198. The van der Waals surface area contributed by atoms with Crippen LogP contribution in [0.25, 0.3) is 0 Å². The Labute approximate surface area is 130 Å². The Bertz CT molecular complexity index is 401. The molecule has 0 bridgehead atoms. The van der Waals surface area contributed by atoms with Crippen molar-refractivity contribution >= 4 is 10.2 Å². The van der Waals surface area contributed by atoms with E-state index in [1.807, 2.05) is 32.8 Å². The van der Waals surface area contributed by atoms with Crippen molar-refractivity contribution in [3.05, 3.63) is 0 Å². The van der Waals surface area contributed by atoms with Gasteiger partial charge in [0.25, 0.3) is 10.2 Å². The van der Waals surface area contributed by atoms with Crippen LogP contribution in [0.1, 0.15) is 33.6 Å². The van der Waals surface area contributed by atoms with Gasteiger partial charge in [0.05, 0.1) is 0 Å². The minimum absolute atomic E-state index is 0.198. The molecule has 0 aliphatic carbocycles. The highest BCUT2D eigenvalue weighted by molar-refractivity contribution is 7.87. The predicted molar refractivity (Wildman–Crippen MR) is 87.5 cm³/mol. The summed E-state index contributed by atoms with van der Waals surface area (Å²) in [7, 11) is 0.560. The van der Waals surface area contributed by atoms with Crippen LogP contribution in [0, 0.1) is 5.92 Å². The number of hydrogen-bond donors (Lipinski definition) is 2. The highest BCUT2D eigenvalue weighted by Crippen LogP contribution is 2.19. The number of rotatable bonds is 8. The topological polar surface area (TPSA) is 64.7 Å².